The van der Waals surface area contributed by atoms with Crippen LogP contribution in [-0.4, -0.2) is 55.2 Å². The summed E-state index contributed by atoms with van der Waals surface area (Å²) >= 11 is 0. The van der Waals surface area contributed by atoms with Gasteiger partial charge in [0.05, 0.1) is 6.61 Å². The van der Waals surface area contributed by atoms with E-state index in [0.717, 1.165) is 51.6 Å². The molecule has 2 N–H and O–H groups in total. The van der Waals surface area contributed by atoms with Crippen molar-refractivity contribution in [2.75, 3.05) is 32.8 Å². The maximum Gasteiger partial charge on any atom is 0.322 e. The van der Waals surface area contributed by atoms with Crippen LogP contribution in [0.15, 0.2) is 0 Å². The fraction of sp³-hybridized carbons (Fsp3) is 0.867. The van der Waals surface area contributed by atoms with Crippen LogP contribution in [0, 0.1) is 11.8 Å². The highest BCUT2D eigenvalue weighted by molar-refractivity contribution is 6.06. The van der Waals surface area contributed by atoms with Crippen LogP contribution in [0.2, 0.25) is 0 Å². The molecule has 2 atom stereocenters. The van der Waals surface area contributed by atoms with Gasteiger partial charge in [0.2, 0.25) is 0 Å². The molecular formula is C15H25N3O3. The van der Waals surface area contributed by atoms with Crippen molar-refractivity contribution in [3.63, 3.8) is 0 Å². The first-order chi connectivity index (χ1) is 10.1. The van der Waals surface area contributed by atoms with Gasteiger partial charge in [-0.2, -0.15) is 0 Å². The number of ether oxygens (including phenoxy) is 1. The summed E-state index contributed by atoms with van der Waals surface area (Å²) in [5, 5.41) is 5.16. The minimum atomic E-state index is -0.759. The summed E-state index contributed by atoms with van der Waals surface area (Å²) in [5.41, 5.74) is -0.759. The summed E-state index contributed by atoms with van der Waals surface area (Å²) in [4.78, 5) is 25.8. The number of hydrogen-bond donors (Lipinski definition) is 2. The zero-order valence-corrected chi connectivity index (χ0v) is 12.7. The molecule has 1 saturated carbocycles. The van der Waals surface area contributed by atoms with Crippen LogP contribution in [0.4, 0.5) is 4.79 Å². The summed E-state index contributed by atoms with van der Waals surface area (Å²) in [6.45, 7) is 6.30. The number of likely N-dealkylation sites (tertiary alicyclic amines) is 1. The molecule has 6 nitrogen and oxygen atoms in total. The average Bonchev–Trinajstić information content (AvgIpc) is 3.23. The van der Waals surface area contributed by atoms with E-state index in [9.17, 15) is 9.59 Å². The Morgan fingerprint density at radius 1 is 1.33 bits per heavy atom. The highest BCUT2D eigenvalue weighted by Gasteiger charge is 2.48. The van der Waals surface area contributed by atoms with Crippen molar-refractivity contribution in [2.24, 2.45) is 11.8 Å². The van der Waals surface area contributed by atoms with Gasteiger partial charge in [0.15, 0.2) is 0 Å². The minimum absolute atomic E-state index is 0.168. The topological polar surface area (TPSA) is 70.7 Å². The summed E-state index contributed by atoms with van der Waals surface area (Å²) in [7, 11) is 0. The summed E-state index contributed by atoms with van der Waals surface area (Å²) < 4.78 is 5.69. The monoisotopic (exact) mass is 295 g/mol. The second-order valence-electron chi connectivity index (χ2n) is 6.77. The molecule has 118 valence electrons. The number of nitrogens with one attached hydrogen (secondary N) is 2. The molecule has 0 aromatic rings. The van der Waals surface area contributed by atoms with Crippen molar-refractivity contribution in [3.8, 4) is 0 Å². The number of imide groups is 1. The molecule has 3 aliphatic rings. The van der Waals surface area contributed by atoms with Crippen LogP contribution < -0.4 is 10.6 Å². The molecule has 21 heavy (non-hydrogen) atoms. The zero-order valence-electron chi connectivity index (χ0n) is 12.7. The molecule has 1 aliphatic carbocycles. The van der Waals surface area contributed by atoms with E-state index >= 15 is 0 Å². The third-order valence-electron chi connectivity index (χ3n) is 5.00. The Labute approximate surface area is 125 Å². The number of carbonyl (C=O) groups is 2. The smallest absolute Gasteiger partial charge is 0.322 e. The highest BCUT2D eigenvalue weighted by atomic mass is 16.5. The number of carbonyl (C=O) groups excluding carboxylic acids is 2. The van der Waals surface area contributed by atoms with Gasteiger partial charge < -0.3 is 15.0 Å². The van der Waals surface area contributed by atoms with E-state index in [1.54, 1.807) is 0 Å². The maximum atomic E-state index is 12.0. The van der Waals surface area contributed by atoms with Crippen molar-refractivity contribution in [3.05, 3.63) is 0 Å². The van der Waals surface area contributed by atoms with Crippen molar-refractivity contribution in [1.29, 1.82) is 0 Å². The van der Waals surface area contributed by atoms with Crippen LogP contribution in [0.3, 0.4) is 0 Å². The lowest BCUT2D eigenvalue weighted by Gasteiger charge is -2.39. The second-order valence-corrected chi connectivity index (χ2v) is 6.77. The van der Waals surface area contributed by atoms with E-state index in [4.69, 9.17) is 4.74 Å². The molecule has 3 fully saturated rings. The summed E-state index contributed by atoms with van der Waals surface area (Å²) in [5.74, 6) is 0.779. The van der Waals surface area contributed by atoms with E-state index in [2.05, 4.69) is 15.5 Å². The van der Waals surface area contributed by atoms with Crippen LogP contribution in [-0.2, 0) is 9.53 Å². The van der Waals surface area contributed by atoms with E-state index in [1.807, 2.05) is 6.92 Å². The molecular weight excluding hydrogens is 270 g/mol. The SMILES string of the molecule is CC1(C2CCCN(CCOCC3CC3)C2)NC(=O)NC1=O. The Balaban J connectivity index is 1.48. The van der Waals surface area contributed by atoms with Crippen LogP contribution in [0.5, 0.6) is 0 Å². The largest absolute Gasteiger partial charge is 0.380 e. The van der Waals surface area contributed by atoms with E-state index in [1.165, 1.54) is 12.8 Å². The summed E-state index contributed by atoms with van der Waals surface area (Å²) in [6, 6.07) is -0.368. The standard InChI is InChI=1S/C15H25N3O3/c1-15(13(19)16-14(20)17-15)12-3-2-6-18(9-12)7-8-21-10-11-4-5-11/h11-12H,2-10H2,1H3,(H2,16,17,19,20). The van der Waals surface area contributed by atoms with E-state index in [-0.39, 0.29) is 17.9 Å². The molecule has 0 bridgehead atoms. The molecule has 3 amide bonds. The lowest BCUT2D eigenvalue weighted by Crippen LogP contribution is -2.56. The quantitative estimate of drug-likeness (QED) is 0.560. The molecule has 0 aromatic carbocycles. The molecule has 0 spiro atoms. The average molecular weight is 295 g/mol. The Kier molecular flexibility index (Phi) is 4.17. The van der Waals surface area contributed by atoms with Gasteiger partial charge in [-0.25, -0.2) is 4.79 Å². The van der Waals surface area contributed by atoms with Gasteiger partial charge in [-0.15, -0.1) is 0 Å². The fourth-order valence-electron chi connectivity index (χ4n) is 3.30. The number of urea groups is 1. The molecule has 0 aromatic heterocycles. The van der Waals surface area contributed by atoms with Crippen LogP contribution in [0.25, 0.3) is 0 Å². The predicted octanol–water partition coefficient (Wildman–Crippen LogP) is 0.723. The highest BCUT2D eigenvalue weighted by Crippen LogP contribution is 2.30. The zero-order chi connectivity index (χ0) is 14.9. The van der Waals surface area contributed by atoms with E-state index < -0.39 is 5.54 Å². The molecule has 3 rings (SSSR count). The fourth-order valence-corrected chi connectivity index (χ4v) is 3.30. The first kappa shape index (κ1) is 14.8. The number of hydrogen-bond acceptors (Lipinski definition) is 4. The third kappa shape index (κ3) is 3.37. The van der Waals surface area contributed by atoms with Gasteiger partial charge in [0.1, 0.15) is 5.54 Å². The second kappa shape index (κ2) is 5.93. The molecule has 2 aliphatic heterocycles. The molecule has 6 heteroatoms. The number of rotatable bonds is 6. The lowest BCUT2D eigenvalue weighted by molar-refractivity contribution is -0.126. The molecule has 2 unspecified atom stereocenters. The van der Waals surface area contributed by atoms with E-state index in [0.29, 0.717) is 0 Å². The van der Waals surface area contributed by atoms with Gasteiger partial charge >= 0.3 is 6.03 Å². The lowest BCUT2D eigenvalue weighted by atomic mass is 9.80. The minimum Gasteiger partial charge on any atom is -0.380 e. The first-order valence-electron chi connectivity index (χ1n) is 8.01. The van der Waals surface area contributed by atoms with Gasteiger partial charge in [0, 0.05) is 25.6 Å². The molecule has 2 heterocycles. The Hall–Kier alpha value is -1.14. The van der Waals surface area contributed by atoms with Crippen molar-refractivity contribution >= 4 is 11.9 Å². The van der Waals surface area contributed by atoms with Gasteiger partial charge in [0.25, 0.3) is 5.91 Å². The maximum absolute atomic E-state index is 12.0. The normalized spacial score (nSPS) is 33.9. The number of nitrogens with zero attached hydrogens (tertiary/aromatic N) is 1. The summed E-state index contributed by atoms with van der Waals surface area (Å²) in [6.07, 6.45) is 4.67. The third-order valence-corrected chi connectivity index (χ3v) is 5.00. The molecule has 0 radical (unpaired) electrons. The van der Waals surface area contributed by atoms with Gasteiger partial charge in [-0.1, -0.05) is 0 Å². The Bertz CT molecular complexity index is 424. The predicted molar refractivity (Wildman–Crippen MR) is 77.8 cm³/mol. The molecule has 2 saturated heterocycles. The first-order valence-corrected chi connectivity index (χ1v) is 8.01. The van der Waals surface area contributed by atoms with Crippen LogP contribution >= 0.6 is 0 Å². The van der Waals surface area contributed by atoms with Crippen molar-refractivity contribution in [1.82, 2.24) is 15.5 Å². The van der Waals surface area contributed by atoms with Gasteiger partial charge in [-0.05, 0) is 45.1 Å². The van der Waals surface area contributed by atoms with Crippen molar-refractivity contribution in [2.45, 2.75) is 38.1 Å². The number of amides is 3. The Morgan fingerprint density at radius 3 is 2.81 bits per heavy atom. The van der Waals surface area contributed by atoms with Crippen LogP contribution in [0.1, 0.15) is 32.6 Å². The number of piperidine rings is 1. The van der Waals surface area contributed by atoms with Gasteiger partial charge in [-0.3, -0.25) is 10.1 Å². The van der Waals surface area contributed by atoms with Crippen molar-refractivity contribution < 1.29 is 14.3 Å². The Morgan fingerprint density at radius 2 is 2.14 bits per heavy atom.